The molecule has 1 heterocycles. The smallest absolute Gasteiger partial charge is 0.258 e. The SMILES string of the molecule is O=C(NC(=S)Nc1ccc(F)c(-n2cccc2)c1)c1ccccc1Cl. The maximum absolute atomic E-state index is 14.0. The minimum atomic E-state index is -0.421. The van der Waals surface area contributed by atoms with Gasteiger partial charge in [-0.1, -0.05) is 23.7 Å². The monoisotopic (exact) mass is 373 g/mol. The van der Waals surface area contributed by atoms with Crippen LogP contribution in [0.4, 0.5) is 10.1 Å². The molecule has 0 saturated carbocycles. The van der Waals surface area contributed by atoms with Gasteiger partial charge in [-0.05, 0) is 54.7 Å². The Labute approximate surface area is 154 Å². The van der Waals surface area contributed by atoms with Crippen LogP contribution in [0.2, 0.25) is 5.02 Å². The number of thiocarbonyl (C=S) groups is 1. The maximum atomic E-state index is 14.0. The van der Waals surface area contributed by atoms with Crippen molar-refractivity contribution in [3.8, 4) is 5.69 Å². The molecule has 0 aliphatic rings. The van der Waals surface area contributed by atoms with E-state index >= 15 is 0 Å². The molecule has 0 aliphatic carbocycles. The highest BCUT2D eigenvalue weighted by atomic mass is 35.5. The summed E-state index contributed by atoms with van der Waals surface area (Å²) in [6, 6.07) is 14.7. The highest BCUT2D eigenvalue weighted by Gasteiger charge is 2.12. The summed E-state index contributed by atoms with van der Waals surface area (Å²) in [6.07, 6.45) is 3.47. The third-order valence-corrected chi connectivity index (χ3v) is 3.97. The predicted octanol–water partition coefficient (Wildman–Crippen LogP) is 4.40. The van der Waals surface area contributed by atoms with Crippen LogP contribution >= 0.6 is 23.8 Å². The summed E-state index contributed by atoms with van der Waals surface area (Å²) < 4.78 is 15.6. The van der Waals surface area contributed by atoms with Crippen molar-refractivity contribution >= 4 is 40.5 Å². The van der Waals surface area contributed by atoms with E-state index in [0.29, 0.717) is 22.0 Å². The molecule has 0 aliphatic heterocycles. The van der Waals surface area contributed by atoms with Gasteiger partial charge in [-0.15, -0.1) is 0 Å². The van der Waals surface area contributed by atoms with Gasteiger partial charge in [0.05, 0.1) is 16.3 Å². The quantitative estimate of drug-likeness (QED) is 0.669. The number of aromatic nitrogens is 1. The van der Waals surface area contributed by atoms with Crippen molar-refractivity contribution in [1.82, 2.24) is 9.88 Å². The number of rotatable bonds is 3. The van der Waals surface area contributed by atoms with Crippen LogP contribution in [-0.2, 0) is 0 Å². The first-order valence-electron chi connectivity index (χ1n) is 7.34. The zero-order valence-corrected chi connectivity index (χ0v) is 14.4. The molecule has 0 radical (unpaired) electrons. The Kier molecular flexibility index (Phi) is 5.11. The van der Waals surface area contributed by atoms with E-state index in [1.165, 1.54) is 12.1 Å². The number of hydrogen-bond acceptors (Lipinski definition) is 2. The average molecular weight is 374 g/mol. The largest absolute Gasteiger partial charge is 0.332 e. The molecule has 0 bridgehead atoms. The normalized spacial score (nSPS) is 10.3. The third-order valence-electron chi connectivity index (χ3n) is 3.43. The molecule has 2 aromatic carbocycles. The molecular weight excluding hydrogens is 361 g/mol. The topological polar surface area (TPSA) is 46.1 Å². The minimum absolute atomic E-state index is 0.0926. The van der Waals surface area contributed by atoms with Gasteiger partial charge in [0.2, 0.25) is 0 Å². The van der Waals surface area contributed by atoms with Gasteiger partial charge < -0.3 is 9.88 Å². The van der Waals surface area contributed by atoms with E-state index in [9.17, 15) is 9.18 Å². The van der Waals surface area contributed by atoms with Crippen molar-refractivity contribution in [1.29, 1.82) is 0 Å². The van der Waals surface area contributed by atoms with E-state index in [2.05, 4.69) is 10.6 Å². The van der Waals surface area contributed by atoms with E-state index in [1.54, 1.807) is 59.4 Å². The van der Waals surface area contributed by atoms with Crippen molar-refractivity contribution in [3.05, 3.63) is 83.4 Å². The van der Waals surface area contributed by atoms with Gasteiger partial charge in [0.1, 0.15) is 5.82 Å². The molecule has 7 heteroatoms. The van der Waals surface area contributed by atoms with Crippen molar-refractivity contribution in [2.45, 2.75) is 0 Å². The Bertz CT molecular complexity index is 928. The van der Waals surface area contributed by atoms with Gasteiger partial charge in [0.15, 0.2) is 5.11 Å². The lowest BCUT2D eigenvalue weighted by atomic mass is 10.2. The molecule has 0 atom stereocenters. The number of amides is 1. The zero-order valence-electron chi connectivity index (χ0n) is 12.9. The van der Waals surface area contributed by atoms with Gasteiger partial charge in [-0.2, -0.15) is 0 Å². The fourth-order valence-corrected chi connectivity index (χ4v) is 2.69. The van der Waals surface area contributed by atoms with E-state index in [1.807, 2.05) is 0 Å². The maximum Gasteiger partial charge on any atom is 0.258 e. The number of nitrogens with zero attached hydrogens (tertiary/aromatic N) is 1. The van der Waals surface area contributed by atoms with Crippen LogP contribution in [0.15, 0.2) is 67.0 Å². The molecule has 0 fully saturated rings. The summed E-state index contributed by atoms with van der Waals surface area (Å²) in [5.74, 6) is -0.788. The first-order valence-corrected chi connectivity index (χ1v) is 8.13. The van der Waals surface area contributed by atoms with Crippen molar-refractivity contribution in [2.24, 2.45) is 0 Å². The first kappa shape index (κ1) is 17.1. The van der Waals surface area contributed by atoms with Crippen molar-refractivity contribution in [2.75, 3.05) is 5.32 Å². The molecule has 126 valence electrons. The lowest BCUT2D eigenvalue weighted by Crippen LogP contribution is -2.34. The summed E-state index contributed by atoms with van der Waals surface area (Å²) in [7, 11) is 0. The van der Waals surface area contributed by atoms with Crippen molar-refractivity contribution < 1.29 is 9.18 Å². The summed E-state index contributed by atoms with van der Waals surface area (Å²) in [6.45, 7) is 0. The number of anilines is 1. The molecule has 0 saturated heterocycles. The predicted molar refractivity (Wildman–Crippen MR) is 101 cm³/mol. The average Bonchev–Trinajstić information content (AvgIpc) is 3.11. The Morgan fingerprint density at radius 3 is 2.52 bits per heavy atom. The molecular formula is C18H13ClFN3OS. The summed E-state index contributed by atoms with van der Waals surface area (Å²) in [5.41, 5.74) is 1.24. The van der Waals surface area contributed by atoms with E-state index < -0.39 is 5.91 Å². The number of halogens is 2. The van der Waals surface area contributed by atoms with Gasteiger partial charge in [-0.3, -0.25) is 10.1 Å². The Balaban J connectivity index is 1.72. The lowest BCUT2D eigenvalue weighted by Gasteiger charge is -2.12. The number of hydrogen-bond donors (Lipinski definition) is 2. The molecule has 25 heavy (non-hydrogen) atoms. The van der Waals surface area contributed by atoms with Gasteiger partial charge in [0.25, 0.3) is 5.91 Å². The van der Waals surface area contributed by atoms with Crippen LogP contribution < -0.4 is 10.6 Å². The molecule has 1 amide bonds. The summed E-state index contributed by atoms with van der Waals surface area (Å²) in [4.78, 5) is 12.2. The Morgan fingerprint density at radius 1 is 1.08 bits per heavy atom. The minimum Gasteiger partial charge on any atom is -0.332 e. The molecule has 1 aromatic heterocycles. The number of carbonyl (C=O) groups excluding carboxylic acids is 1. The van der Waals surface area contributed by atoms with Crippen LogP contribution in [-0.4, -0.2) is 15.6 Å². The fourth-order valence-electron chi connectivity index (χ4n) is 2.26. The van der Waals surface area contributed by atoms with Gasteiger partial charge >= 0.3 is 0 Å². The number of nitrogens with one attached hydrogen (secondary N) is 2. The molecule has 4 nitrogen and oxygen atoms in total. The van der Waals surface area contributed by atoms with Crippen LogP contribution in [0.5, 0.6) is 0 Å². The zero-order chi connectivity index (χ0) is 17.8. The number of benzene rings is 2. The first-order chi connectivity index (χ1) is 12.0. The van der Waals surface area contributed by atoms with Gasteiger partial charge in [0, 0.05) is 18.1 Å². The summed E-state index contributed by atoms with van der Waals surface area (Å²) >= 11 is 11.1. The number of carbonyl (C=O) groups is 1. The molecule has 0 spiro atoms. The van der Waals surface area contributed by atoms with E-state index in [-0.39, 0.29) is 10.9 Å². The Hall–Kier alpha value is -2.70. The van der Waals surface area contributed by atoms with Crippen molar-refractivity contribution in [3.63, 3.8) is 0 Å². The standard InChI is InChI=1S/C18H13ClFN3OS/c19-14-6-2-1-5-13(14)17(24)22-18(25)21-12-7-8-15(20)16(11-12)23-9-3-4-10-23/h1-11H,(H2,21,22,24,25). The van der Waals surface area contributed by atoms with E-state index in [0.717, 1.165) is 0 Å². The highest BCUT2D eigenvalue weighted by Crippen LogP contribution is 2.19. The third kappa shape index (κ3) is 4.04. The second kappa shape index (κ2) is 7.46. The highest BCUT2D eigenvalue weighted by molar-refractivity contribution is 7.80. The fraction of sp³-hybridized carbons (Fsp3) is 0. The lowest BCUT2D eigenvalue weighted by molar-refractivity contribution is 0.0978. The van der Waals surface area contributed by atoms with E-state index in [4.69, 9.17) is 23.8 Å². The molecule has 2 N–H and O–H groups in total. The van der Waals surface area contributed by atoms with Crippen LogP contribution in [0.1, 0.15) is 10.4 Å². The van der Waals surface area contributed by atoms with Crippen LogP contribution in [0.25, 0.3) is 5.69 Å². The summed E-state index contributed by atoms with van der Waals surface area (Å²) in [5, 5.41) is 5.84. The molecule has 3 rings (SSSR count). The van der Waals surface area contributed by atoms with Gasteiger partial charge in [-0.25, -0.2) is 4.39 Å². The van der Waals surface area contributed by atoms with Crippen LogP contribution in [0, 0.1) is 5.82 Å². The van der Waals surface area contributed by atoms with Crippen LogP contribution in [0.3, 0.4) is 0 Å². The molecule has 3 aromatic rings. The molecule has 0 unspecified atom stereocenters. The Morgan fingerprint density at radius 2 is 1.80 bits per heavy atom. The second-order valence-electron chi connectivity index (χ2n) is 5.14. The second-order valence-corrected chi connectivity index (χ2v) is 5.96.